The summed E-state index contributed by atoms with van der Waals surface area (Å²) in [6, 6.07) is 4.72. The van der Waals surface area contributed by atoms with Crippen LogP contribution in [0.2, 0.25) is 0 Å². The number of methoxy groups -OCH3 is 1. The molecule has 2 aromatic rings. The standard InChI is InChI=1S/C28H32O7/c1-18-20(33-23(29)16-22(18)31-6)12-9-7-8-10-14-26(3)17-27(4)25(24(30)21-13-11-15-32-21)28(5,35-26)19(2)34-27/h7-16,19,25H,17H2,1-6H3/b8-7+,12-9+,14-10+/t19-,25+,26+,27+,28+/m1/s1. The number of hydrogen-bond acceptors (Lipinski definition) is 7. The quantitative estimate of drug-likeness (QED) is 0.393. The van der Waals surface area contributed by atoms with E-state index in [-0.39, 0.29) is 11.9 Å². The smallest absolute Gasteiger partial charge is 0.339 e. The number of hydrogen-bond donors (Lipinski definition) is 0. The zero-order valence-electron chi connectivity index (χ0n) is 21.0. The molecule has 0 spiro atoms. The molecule has 0 aromatic carbocycles. The van der Waals surface area contributed by atoms with Gasteiger partial charge in [-0.3, -0.25) is 4.79 Å². The van der Waals surface area contributed by atoms with Crippen molar-refractivity contribution >= 4 is 11.9 Å². The van der Waals surface area contributed by atoms with Gasteiger partial charge in [0.2, 0.25) is 5.78 Å². The maximum Gasteiger partial charge on any atom is 0.339 e. The van der Waals surface area contributed by atoms with E-state index in [1.807, 2.05) is 58.9 Å². The maximum absolute atomic E-state index is 13.3. The van der Waals surface area contributed by atoms with Crippen LogP contribution in [0.3, 0.4) is 0 Å². The summed E-state index contributed by atoms with van der Waals surface area (Å²) in [5, 5.41) is 0. The molecule has 0 amide bonds. The first-order chi connectivity index (χ1) is 16.5. The fourth-order valence-corrected chi connectivity index (χ4v) is 5.59. The van der Waals surface area contributed by atoms with Gasteiger partial charge in [-0.05, 0) is 52.8 Å². The fraction of sp³-hybridized carbons (Fsp3) is 0.429. The van der Waals surface area contributed by atoms with Crippen LogP contribution in [0.5, 0.6) is 5.75 Å². The molecule has 0 radical (unpaired) electrons. The molecule has 2 aliphatic rings. The van der Waals surface area contributed by atoms with Crippen LogP contribution in [-0.2, 0) is 9.47 Å². The Hall–Kier alpha value is -3.16. The first kappa shape index (κ1) is 24.9. The van der Waals surface area contributed by atoms with E-state index >= 15 is 0 Å². The van der Waals surface area contributed by atoms with Crippen LogP contribution >= 0.6 is 0 Å². The summed E-state index contributed by atoms with van der Waals surface area (Å²) in [6.45, 7) is 9.72. The molecule has 5 atom stereocenters. The van der Waals surface area contributed by atoms with Gasteiger partial charge in [0.25, 0.3) is 0 Å². The molecule has 0 unspecified atom stereocenters. The van der Waals surface area contributed by atoms with E-state index in [1.165, 1.54) is 19.4 Å². The molecular formula is C28H32O7. The van der Waals surface area contributed by atoms with Crippen LogP contribution in [0, 0.1) is 12.8 Å². The highest BCUT2D eigenvalue weighted by atomic mass is 16.6. The third-order valence-electron chi connectivity index (χ3n) is 7.07. The summed E-state index contributed by atoms with van der Waals surface area (Å²) in [7, 11) is 1.52. The topological polar surface area (TPSA) is 88.1 Å². The Labute approximate surface area is 205 Å². The first-order valence-electron chi connectivity index (χ1n) is 11.7. The molecule has 7 nitrogen and oxygen atoms in total. The lowest BCUT2D eigenvalue weighted by Gasteiger charge is -2.49. The van der Waals surface area contributed by atoms with Gasteiger partial charge in [0.15, 0.2) is 5.76 Å². The van der Waals surface area contributed by atoms with Crippen molar-refractivity contribution in [1.82, 2.24) is 0 Å². The number of fused-ring (bicyclic) bond motifs is 2. The van der Waals surface area contributed by atoms with Crippen molar-refractivity contribution in [2.24, 2.45) is 5.92 Å². The Bertz CT molecular complexity index is 1230. The Morgan fingerprint density at radius 2 is 1.91 bits per heavy atom. The molecule has 2 aromatic heterocycles. The van der Waals surface area contributed by atoms with Gasteiger partial charge in [-0.25, -0.2) is 4.79 Å². The molecule has 4 heterocycles. The number of furan rings is 1. The number of allylic oxidation sites excluding steroid dienone is 4. The van der Waals surface area contributed by atoms with Crippen molar-refractivity contribution in [3.8, 4) is 5.75 Å². The van der Waals surface area contributed by atoms with E-state index in [2.05, 4.69) is 0 Å². The van der Waals surface area contributed by atoms with Gasteiger partial charge in [0, 0.05) is 12.0 Å². The van der Waals surface area contributed by atoms with Crippen molar-refractivity contribution in [2.45, 2.75) is 63.9 Å². The summed E-state index contributed by atoms with van der Waals surface area (Å²) in [6.07, 6.45) is 12.9. The predicted octanol–water partition coefficient (Wildman–Crippen LogP) is 5.29. The monoisotopic (exact) mass is 480 g/mol. The van der Waals surface area contributed by atoms with Crippen LogP contribution in [-0.4, -0.2) is 35.8 Å². The minimum absolute atomic E-state index is 0.0973. The number of carbonyl (C=O) groups is 1. The van der Waals surface area contributed by atoms with Gasteiger partial charge < -0.3 is 23.0 Å². The highest BCUT2D eigenvalue weighted by molar-refractivity contribution is 5.97. The van der Waals surface area contributed by atoms with Crippen molar-refractivity contribution in [2.75, 3.05) is 7.11 Å². The molecule has 2 fully saturated rings. The number of rotatable bonds is 7. The number of ether oxygens (including phenoxy) is 3. The van der Waals surface area contributed by atoms with Crippen molar-refractivity contribution < 1.29 is 27.8 Å². The Balaban J connectivity index is 1.49. The molecule has 35 heavy (non-hydrogen) atoms. The minimum atomic E-state index is -0.805. The van der Waals surface area contributed by atoms with Crippen LogP contribution in [0.25, 0.3) is 6.08 Å². The summed E-state index contributed by atoms with van der Waals surface area (Å²) < 4.78 is 28.8. The number of carbonyl (C=O) groups excluding carboxylic acids is 1. The average molecular weight is 481 g/mol. The van der Waals surface area contributed by atoms with Crippen LogP contribution in [0.4, 0.5) is 0 Å². The van der Waals surface area contributed by atoms with E-state index in [9.17, 15) is 9.59 Å². The summed E-state index contributed by atoms with van der Waals surface area (Å²) in [5.74, 6) is 0.687. The predicted molar refractivity (Wildman–Crippen MR) is 132 cm³/mol. The molecule has 0 saturated carbocycles. The SMILES string of the molecule is COc1cc(=O)oc(/C=C/C=C/C=C/[C@@]2(C)C[C@]3(C)O[C@H](C)[C@](C)(O2)[C@H]3C(=O)c2ccco2)c1C. The second-order valence-corrected chi connectivity index (χ2v) is 9.85. The summed E-state index contributed by atoms with van der Waals surface area (Å²) in [5.41, 5.74) is -1.84. The van der Waals surface area contributed by atoms with Crippen molar-refractivity contribution in [3.05, 3.63) is 82.3 Å². The highest BCUT2D eigenvalue weighted by Crippen LogP contribution is 2.56. The maximum atomic E-state index is 13.3. The van der Waals surface area contributed by atoms with Gasteiger partial charge in [-0.1, -0.05) is 30.4 Å². The molecule has 0 aliphatic carbocycles. The highest BCUT2D eigenvalue weighted by Gasteiger charge is 2.68. The zero-order chi connectivity index (χ0) is 25.4. The Morgan fingerprint density at radius 1 is 1.17 bits per heavy atom. The van der Waals surface area contributed by atoms with Gasteiger partial charge in [0.05, 0.1) is 42.7 Å². The third kappa shape index (κ3) is 4.58. The van der Waals surface area contributed by atoms with E-state index in [0.717, 1.165) is 5.56 Å². The Morgan fingerprint density at radius 3 is 2.57 bits per heavy atom. The fourth-order valence-electron chi connectivity index (χ4n) is 5.59. The van der Waals surface area contributed by atoms with Gasteiger partial charge in [-0.15, -0.1) is 0 Å². The molecule has 7 heteroatoms. The summed E-state index contributed by atoms with van der Waals surface area (Å²) in [4.78, 5) is 25.0. The molecule has 4 rings (SSSR count). The zero-order valence-corrected chi connectivity index (χ0v) is 21.0. The molecule has 2 aliphatic heterocycles. The Kier molecular flexibility index (Phi) is 6.51. The lowest BCUT2D eigenvalue weighted by Crippen LogP contribution is -2.60. The minimum Gasteiger partial charge on any atom is -0.496 e. The van der Waals surface area contributed by atoms with Crippen molar-refractivity contribution in [1.29, 1.82) is 0 Å². The normalized spacial score (nSPS) is 32.7. The second-order valence-electron chi connectivity index (χ2n) is 9.85. The van der Waals surface area contributed by atoms with Crippen LogP contribution < -0.4 is 10.4 Å². The lowest BCUT2D eigenvalue weighted by molar-refractivity contribution is -0.170. The van der Waals surface area contributed by atoms with Gasteiger partial charge in [0.1, 0.15) is 17.1 Å². The summed E-state index contributed by atoms with van der Waals surface area (Å²) >= 11 is 0. The largest absolute Gasteiger partial charge is 0.496 e. The first-order valence-corrected chi connectivity index (χ1v) is 11.7. The van der Waals surface area contributed by atoms with E-state index in [1.54, 1.807) is 24.3 Å². The number of ketones is 1. The molecule has 186 valence electrons. The number of Topliss-reactive ketones (excluding diaryl/α,β-unsaturated/α-hetero) is 1. The van der Waals surface area contributed by atoms with E-state index in [4.69, 9.17) is 23.0 Å². The molecular weight excluding hydrogens is 448 g/mol. The van der Waals surface area contributed by atoms with Crippen molar-refractivity contribution in [3.63, 3.8) is 0 Å². The van der Waals surface area contributed by atoms with Gasteiger partial charge in [-0.2, -0.15) is 0 Å². The lowest BCUT2D eigenvalue weighted by atomic mass is 9.67. The van der Waals surface area contributed by atoms with E-state index < -0.39 is 28.3 Å². The average Bonchev–Trinajstić information content (AvgIpc) is 3.35. The van der Waals surface area contributed by atoms with Crippen LogP contribution in [0.15, 0.2) is 68.5 Å². The van der Waals surface area contributed by atoms with Gasteiger partial charge >= 0.3 is 5.63 Å². The molecule has 2 saturated heterocycles. The van der Waals surface area contributed by atoms with Crippen LogP contribution in [0.1, 0.15) is 56.0 Å². The third-order valence-corrected chi connectivity index (χ3v) is 7.07. The second kappa shape index (κ2) is 9.13. The van der Waals surface area contributed by atoms with E-state index in [0.29, 0.717) is 23.7 Å². The molecule has 2 bridgehead atoms. The molecule has 0 N–H and O–H groups in total.